The van der Waals surface area contributed by atoms with Crippen molar-refractivity contribution in [3.05, 3.63) is 29.8 Å². The molecule has 0 fully saturated rings. The highest BCUT2D eigenvalue weighted by atomic mass is 16.5. The molecule has 21 heavy (non-hydrogen) atoms. The number of carbonyl (C=O) groups is 2. The van der Waals surface area contributed by atoms with Crippen LogP contribution in [0.1, 0.15) is 39.7 Å². The summed E-state index contributed by atoms with van der Waals surface area (Å²) in [6.07, 6.45) is 0.977. The smallest absolute Gasteiger partial charge is 0.220 e. The van der Waals surface area contributed by atoms with E-state index in [2.05, 4.69) is 5.32 Å². The Balaban J connectivity index is 2.59. The Morgan fingerprint density at radius 2 is 1.95 bits per heavy atom. The van der Waals surface area contributed by atoms with E-state index in [4.69, 9.17) is 4.74 Å². The first kappa shape index (κ1) is 17.2. The first-order chi connectivity index (χ1) is 9.74. The van der Waals surface area contributed by atoms with Crippen LogP contribution >= 0.6 is 0 Å². The highest BCUT2D eigenvalue weighted by molar-refractivity contribution is 5.88. The quantitative estimate of drug-likeness (QED) is 0.877. The lowest BCUT2D eigenvalue weighted by atomic mass is 9.84. The second-order valence-corrected chi connectivity index (χ2v) is 6.33. The Bertz CT molecular complexity index is 503. The van der Waals surface area contributed by atoms with Crippen molar-refractivity contribution in [1.82, 2.24) is 5.32 Å². The van der Waals surface area contributed by atoms with Gasteiger partial charge in [0.2, 0.25) is 5.91 Å². The van der Waals surface area contributed by atoms with Crippen LogP contribution < -0.4 is 10.1 Å². The van der Waals surface area contributed by atoms with Crippen molar-refractivity contribution in [1.29, 1.82) is 0 Å². The molecule has 0 aromatic heterocycles. The van der Waals surface area contributed by atoms with Crippen LogP contribution in [0.3, 0.4) is 0 Å². The molecule has 1 amide bonds. The number of Topliss-reactive ketones (excluding diaryl/α,β-unsaturated/α-hetero) is 1. The number of nitrogens with one attached hydrogen (secondary N) is 1. The fraction of sp³-hybridized carbons (Fsp3) is 0.529. The molecule has 4 heteroatoms. The monoisotopic (exact) mass is 291 g/mol. The fourth-order valence-corrected chi connectivity index (χ4v) is 2.25. The van der Waals surface area contributed by atoms with Crippen LogP contribution in [0.4, 0.5) is 0 Å². The van der Waals surface area contributed by atoms with Crippen molar-refractivity contribution in [3.63, 3.8) is 0 Å². The number of hydrogen-bond donors (Lipinski definition) is 1. The van der Waals surface area contributed by atoms with Crippen molar-refractivity contribution < 1.29 is 14.3 Å². The van der Waals surface area contributed by atoms with Crippen molar-refractivity contribution in [3.8, 4) is 5.75 Å². The molecular formula is C17H25NO3. The molecule has 1 N–H and O–H groups in total. The minimum atomic E-state index is -0.449. The summed E-state index contributed by atoms with van der Waals surface area (Å²) in [5, 5.41) is 2.84. The number of hydrogen-bond acceptors (Lipinski definition) is 3. The number of rotatable bonds is 6. The highest BCUT2D eigenvalue weighted by Gasteiger charge is 2.29. The summed E-state index contributed by atoms with van der Waals surface area (Å²) < 4.78 is 5.16. The Hall–Kier alpha value is -1.84. The molecule has 0 radical (unpaired) electrons. The summed E-state index contributed by atoms with van der Waals surface area (Å²) in [6, 6.07) is 7.20. The molecule has 0 aliphatic rings. The standard InChI is InChI=1S/C17H25NO3/c1-12(19)16(17(2,3)4)18-15(20)10-9-13-7-6-8-14(11-13)21-5/h6-8,11,16H,9-10H2,1-5H3,(H,18,20). The average molecular weight is 291 g/mol. The van der Waals surface area contributed by atoms with Crippen molar-refractivity contribution in [2.24, 2.45) is 5.41 Å². The Kier molecular flexibility index (Phi) is 5.94. The fourth-order valence-electron chi connectivity index (χ4n) is 2.25. The first-order valence-corrected chi connectivity index (χ1v) is 7.17. The van der Waals surface area contributed by atoms with Gasteiger partial charge in [-0.3, -0.25) is 9.59 Å². The second kappa shape index (κ2) is 7.25. The van der Waals surface area contributed by atoms with E-state index in [1.165, 1.54) is 6.92 Å². The maximum absolute atomic E-state index is 12.0. The van der Waals surface area contributed by atoms with E-state index in [-0.39, 0.29) is 17.1 Å². The van der Waals surface area contributed by atoms with Crippen LogP contribution in [-0.2, 0) is 16.0 Å². The van der Waals surface area contributed by atoms with E-state index in [0.29, 0.717) is 12.8 Å². The first-order valence-electron chi connectivity index (χ1n) is 7.17. The molecule has 0 spiro atoms. The summed E-state index contributed by atoms with van der Waals surface area (Å²) in [5.41, 5.74) is 0.761. The predicted octanol–water partition coefficient (Wildman–Crippen LogP) is 2.75. The topological polar surface area (TPSA) is 55.4 Å². The third-order valence-corrected chi connectivity index (χ3v) is 3.35. The van der Waals surface area contributed by atoms with Crippen LogP contribution in [0.5, 0.6) is 5.75 Å². The van der Waals surface area contributed by atoms with E-state index in [1.807, 2.05) is 45.0 Å². The van der Waals surface area contributed by atoms with Crippen LogP contribution in [0.2, 0.25) is 0 Å². The van der Waals surface area contributed by atoms with Crippen LogP contribution in [0.25, 0.3) is 0 Å². The molecule has 0 aliphatic carbocycles. The molecule has 1 atom stereocenters. The average Bonchev–Trinajstić information content (AvgIpc) is 2.41. The minimum absolute atomic E-state index is 0.0165. The Morgan fingerprint density at radius 1 is 1.29 bits per heavy atom. The number of aryl methyl sites for hydroxylation is 1. The normalized spacial score (nSPS) is 12.6. The van der Waals surface area contributed by atoms with Gasteiger partial charge in [0.25, 0.3) is 0 Å². The van der Waals surface area contributed by atoms with Gasteiger partial charge in [0.05, 0.1) is 13.2 Å². The van der Waals surface area contributed by atoms with Gasteiger partial charge in [-0.05, 0) is 36.5 Å². The molecule has 0 aliphatic heterocycles. The molecule has 0 saturated carbocycles. The molecule has 0 saturated heterocycles. The molecule has 0 bridgehead atoms. The van der Waals surface area contributed by atoms with Gasteiger partial charge in [-0.15, -0.1) is 0 Å². The zero-order chi connectivity index (χ0) is 16.0. The lowest BCUT2D eigenvalue weighted by molar-refractivity contribution is -0.129. The molecule has 1 aromatic carbocycles. The number of amides is 1. The summed E-state index contributed by atoms with van der Waals surface area (Å²) in [4.78, 5) is 23.7. The summed E-state index contributed by atoms with van der Waals surface area (Å²) in [6.45, 7) is 7.35. The summed E-state index contributed by atoms with van der Waals surface area (Å²) in [5.74, 6) is 0.661. The number of ketones is 1. The second-order valence-electron chi connectivity index (χ2n) is 6.33. The SMILES string of the molecule is COc1cccc(CCC(=O)NC(C(C)=O)C(C)(C)C)c1. The largest absolute Gasteiger partial charge is 0.497 e. The van der Waals surface area contributed by atoms with E-state index in [0.717, 1.165) is 11.3 Å². The van der Waals surface area contributed by atoms with Gasteiger partial charge in [-0.25, -0.2) is 0 Å². The lowest BCUT2D eigenvalue weighted by Crippen LogP contribution is -2.48. The third kappa shape index (κ3) is 5.58. The van der Waals surface area contributed by atoms with Crippen LogP contribution in [0.15, 0.2) is 24.3 Å². The number of benzene rings is 1. The van der Waals surface area contributed by atoms with E-state index in [1.54, 1.807) is 7.11 Å². The lowest BCUT2D eigenvalue weighted by Gasteiger charge is -2.29. The van der Waals surface area contributed by atoms with Gasteiger partial charge >= 0.3 is 0 Å². The maximum atomic E-state index is 12.0. The molecule has 1 rings (SSSR count). The number of methoxy groups -OCH3 is 1. The van der Waals surface area contributed by atoms with Gasteiger partial charge in [-0.2, -0.15) is 0 Å². The van der Waals surface area contributed by atoms with Gasteiger partial charge in [0, 0.05) is 6.42 Å². The van der Waals surface area contributed by atoms with E-state index >= 15 is 0 Å². The molecular weight excluding hydrogens is 266 g/mol. The van der Waals surface area contributed by atoms with Gasteiger partial charge in [-0.1, -0.05) is 32.9 Å². The van der Waals surface area contributed by atoms with Crippen molar-refractivity contribution in [2.75, 3.05) is 7.11 Å². The van der Waals surface area contributed by atoms with Crippen LogP contribution in [-0.4, -0.2) is 24.8 Å². The van der Waals surface area contributed by atoms with Gasteiger partial charge < -0.3 is 10.1 Å². The van der Waals surface area contributed by atoms with E-state index in [9.17, 15) is 9.59 Å². The summed E-state index contributed by atoms with van der Waals surface area (Å²) in [7, 11) is 1.62. The van der Waals surface area contributed by atoms with Crippen molar-refractivity contribution >= 4 is 11.7 Å². The molecule has 4 nitrogen and oxygen atoms in total. The zero-order valence-corrected chi connectivity index (χ0v) is 13.5. The molecule has 1 unspecified atom stereocenters. The maximum Gasteiger partial charge on any atom is 0.220 e. The number of ether oxygens (including phenoxy) is 1. The highest BCUT2D eigenvalue weighted by Crippen LogP contribution is 2.20. The third-order valence-electron chi connectivity index (χ3n) is 3.35. The summed E-state index contributed by atoms with van der Waals surface area (Å²) >= 11 is 0. The van der Waals surface area contributed by atoms with Gasteiger partial charge in [0.15, 0.2) is 5.78 Å². The minimum Gasteiger partial charge on any atom is -0.497 e. The van der Waals surface area contributed by atoms with Crippen LogP contribution in [0, 0.1) is 5.41 Å². The van der Waals surface area contributed by atoms with E-state index < -0.39 is 6.04 Å². The van der Waals surface area contributed by atoms with Crippen molar-refractivity contribution in [2.45, 2.75) is 46.6 Å². The Labute approximate surface area is 126 Å². The Morgan fingerprint density at radius 3 is 2.48 bits per heavy atom. The predicted molar refractivity (Wildman–Crippen MR) is 83.4 cm³/mol. The number of carbonyl (C=O) groups excluding carboxylic acids is 2. The molecule has 0 heterocycles. The van der Waals surface area contributed by atoms with Gasteiger partial charge in [0.1, 0.15) is 5.75 Å². The zero-order valence-electron chi connectivity index (χ0n) is 13.5. The molecule has 1 aromatic rings. The molecule has 116 valence electrons.